The second-order valence-corrected chi connectivity index (χ2v) is 3.11. The van der Waals surface area contributed by atoms with Crippen molar-refractivity contribution in [2.24, 2.45) is 0 Å². The van der Waals surface area contributed by atoms with Crippen molar-refractivity contribution < 1.29 is 14.3 Å². The molecule has 0 fully saturated rings. The molecule has 0 heterocycles. The third kappa shape index (κ3) is 9.78. The van der Waals surface area contributed by atoms with Crippen molar-refractivity contribution in [3.8, 4) is 0 Å². The van der Waals surface area contributed by atoms with E-state index in [1.807, 2.05) is 0 Å². The molecule has 0 aliphatic carbocycles. The lowest BCUT2D eigenvalue weighted by Gasteiger charge is -2.05. The summed E-state index contributed by atoms with van der Waals surface area (Å²) in [7, 11) is 0. The third-order valence-corrected chi connectivity index (χ3v) is 1.87. The Morgan fingerprint density at radius 2 is 1.33 bits per heavy atom. The molecule has 5 nitrogen and oxygen atoms in total. The standard InChI is InChI=1S/C8H14Cl2N2O3/c9-5-7(13)11-1-3-15-4-2-12-8(14)6-10/h1-6H2,(H,11,13)(H,12,14). The summed E-state index contributed by atoms with van der Waals surface area (Å²) in [5.41, 5.74) is 0. The molecule has 0 unspecified atom stereocenters. The Morgan fingerprint density at radius 1 is 0.933 bits per heavy atom. The SMILES string of the molecule is O=C(CCl)NCCOCCNC(=O)CCl. The Bertz CT molecular complexity index is 182. The summed E-state index contributed by atoms with van der Waals surface area (Å²) in [6.45, 7) is 1.60. The van der Waals surface area contributed by atoms with E-state index < -0.39 is 0 Å². The van der Waals surface area contributed by atoms with E-state index in [1.54, 1.807) is 0 Å². The van der Waals surface area contributed by atoms with Crippen LogP contribution in [0.2, 0.25) is 0 Å². The highest BCUT2D eigenvalue weighted by Gasteiger charge is 1.97. The number of carbonyl (C=O) groups is 2. The topological polar surface area (TPSA) is 67.4 Å². The summed E-state index contributed by atoms with van der Waals surface area (Å²) in [4.78, 5) is 21.3. The van der Waals surface area contributed by atoms with E-state index in [4.69, 9.17) is 27.9 Å². The van der Waals surface area contributed by atoms with Gasteiger partial charge in [-0.05, 0) is 0 Å². The molecule has 0 aliphatic heterocycles. The van der Waals surface area contributed by atoms with Crippen LogP contribution in [0.15, 0.2) is 0 Å². The van der Waals surface area contributed by atoms with Gasteiger partial charge in [0.05, 0.1) is 13.2 Å². The van der Waals surface area contributed by atoms with E-state index in [0.717, 1.165) is 0 Å². The van der Waals surface area contributed by atoms with Crippen LogP contribution in [0.4, 0.5) is 0 Å². The van der Waals surface area contributed by atoms with Gasteiger partial charge in [0.15, 0.2) is 0 Å². The molecule has 15 heavy (non-hydrogen) atoms. The van der Waals surface area contributed by atoms with Gasteiger partial charge in [-0.3, -0.25) is 9.59 Å². The first-order valence-corrected chi connectivity index (χ1v) is 5.50. The van der Waals surface area contributed by atoms with Crippen LogP contribution in [0, 0.1) is 0 Å². The van der Waals surface area contributed by atoms with E-state index in [0.29, 0.717) is 26.3 Å². The molecule has 0 saturated carbocycles. The number of nitrogens with one attached hydrogen (secondary N) is 2. The monoisotopic (exact) mass is 256 g/mol. The van der Waals surface area contributed by atoms with Gasteiger partial charge in [-0.2, -0.15) is 0 Å². The zero-order chi connectivity index (χ0) is 11.5. The number of amides is 2. The van der Waals surface area contributed by atoms with Crippen LogP contribution in [0.3, 0.4) is 0 Å². The average molecular weight is 257 g/mol. The van der Waals surface area contributed by atoms with Gasteiger partial charge in [0.2, 0.25) is 11.8 Å². The number of alkyl halides is 2. The van der Waals surface area contributed by atoms with Crippen molar-refractivity contribution in [1.29, 1.82) is 0 Å². The minimum atomic E-state index is -0.226. The van der Waals surface area contributed by atoms with Crippen molar-refractivity contribution in [1.82, 2.24) is 10.6 Å². The lowest BCUT2D eigenvalue weighted by Crippen LogP contribution is -2.31. The molecule has 88 valence electrons. The van der Waals surface area contributed by atoms with Crippen LogP contribution in [0.1, 0.15) is 0 Å². The molecule has 0 aliphatic rings. The van der Waals surface area contributed by atoms with Gasteiger partial charge in [-0.15, -0.1) is 23.2 Å². The summed E-state index contributed by atoms with van der Waals surface area (Å²) < 4.78 is 5.11. The fourth-order valence-electron chi connectivity index (χ4n) is 0.722. The molecular weight excluding hydrogens is 243 g/mol. The fourth-order valence-corrected chi connectivity index (χ4v) is 0.911. The van der Waals surface area contributed by atoms with E-state index in [2.05, 4.69) is 10.6 Å². The van der Waals surface area contributed by atoms with Crippen molar-refractivity contribution >= 4 is 35.0 Å². The molecule has 0 rings (SSSR count). The molecule has 0 aromatic heterocycles. The number of ether oxygens (including phenoxy) is 1. The molecule has 0 atom stereocenters. The largest absolute Gasteiger partial charge is 0.378 e. The second-order valence-electron chi connectivity index (χ2n) is 2.58. The minimum Gasteiger partial charge on any atom is -0.378 e. The number of halogens is 2. The van der Waals surface area contributed by atoms with Gasteiger partial charge < -0.3 is 15.4 Å². The maximum atomic E-state index is 10.7. The summed E-state index contributed by atoms with van der Waals surface area (Å²) in [6, 6.07) is 0. The zero-order valence-electron chi connectivity index (χ0n) is 8.22. The normalized spacial score (nSPS) is 9.73. The molecule has 7 heteroatoms. The first-order valence-electron chi connectivity index (χ1n) is 4.43. The Kier molecular flexibility index (Phi) is 9.67. The number of hydrogen-bond acceptors (Lipinski definition) is 3. The van der Waals surface area contributed by atoms with E-state index in [9.17, 15) is 9.59 Å². The smallest absolute Gasteiger partial charge is 0.235 e. The number of rotatable bonds is 8. The van der Waals surface area contributed by atoms with E-state index in [1.165, 1.54) is 0 Å². The van der Waals surface area contributed by atoms with Gasteiger partial charge in [0, 0.05) is 13.1 Å². The molecule has 0 aromatic carbocycles. The Labute approximate surface area is 98.4 Å². The lowest BCUT2D eigenvalue weighted by molar-refractivity contribution is -0.119. The highest BCUT2D eigenvalue weighted by Crippen LogP contribution is 1.77. The molecule has 0 saturated heterocycles. The highest BCUT2D eigenvalue weighted by atomic mass is 35.5. The maximum Gasteiger partial charge on any atom is 0.235 e. The van der Waals surface area contributed by atoms with Crippen LogP contribution >= 0.6 is 23.2 Å². The Morgan fingerprint density at radius 3 is 1.67 bits per heavy atom. The van der Waals surface area contributed by atoms with Crippen LogP contribution in [-0.2, 0) is 14.3 Å². The summed E-state index contributed by atoms with van der Waals surface area (Å²) in [6.07, 6.45) is 0. The Hall–Kier alpha value is -0.520. The number of carbonyl (C=O) groups excluding carboxylic acids is 2. The Balaban J connectivity index is 3.11. The first-order chi connectivity index (χ1) is 7.20. The zero-order valence-corrected chi connectivity index (χ0v) is 9.74. The average Bonchev–Trinajstić information content (AvgIpc) is 2.26. The van der Waals surface area contributed by atoms with Gasteiger partial charge in [0.25, 0.3) is 0 Å². The van der Waals surface area contributed by atoms with Gasteiger partial charge in [-0.1, -0.05) is 0 Å². The predicted molar refractivity (Wildman–Crippen MR) is 58.3 cm³/mol. The van der Waals surface area contributed by atoms with Crippen LogP contribution in [0.25, 0.3) is 0 Å². The minimum absolute atomic E-state index is 0.0498. The predicted octanol–water partition coefficient (Wildman–Crippen LogP) is -0.287. The van der Waals surface area contributed by atoms with Crippen LogP contribution in [0.5, 0.6) is 0 Å². The fraction of sp³-hybridized carbons (Fsp3) is 0.750. The van der Waals surface area contributed by atoms with Crippen molar-refractivity contribution in [3.63, 3.8) is 0 Å². The van der Waals surface area contributed by atoms with Gasteiger partial charge in [0.1, 0.15) is 11.8 Å². The maximum absolute atomic E-state index is 10.7. The second kappa shape index (κ2) is 10.0. The molecule has 0 spiro atoms. The summed E-state index contributed by atoms with van der Waals surface area (Å²) >= 11 is 10.5. The lowest BCUT2D eigenvalue weighted by atomic mass is 10.6. The summed E-state index contributed by atoms with van der Waals surface area (Å²) in [5.74, 6) is -0.552. The highest BCUT2D eigenvalue weighted by molar-refractivity contribution is 6.27. The molecular formula is C8H14Cl2N2O3. The number of hydrogen-bond donors (Lipinski definition) is 2. The molecule has 2 amide bonds. The molecule has 0 bridgehead atoms. The summed E-state index contributed by atoms with van der Waals surface area (Å²) in [5, 5.41) is 5.08. The van der Waals surface area contributed by atoms with Crippen molar-refractivity contribution in [2.45, 2.75) is 0 Å². The van der Waals surface area contributed by atoms with Crippen LogP contribution in [-0.4, -0.2) is 49.9 Å². The van der Waals surface area contributed by atoms with Crippen LogP contribution < -0.4 is 10.6 Å². The van der Waals surface area contributed by atoms with Gasteiger partial charge >= 0.3 is 0 Å². The van der Waals surface area contributed by atoms with Crippen molar-refractivity contribution in [3.05, 3.63) is 0 Å². The molecule has 2 N–H and O–H groups in total. The third-order valence-electron chi connectivity index (χ3n) is 1.38. The van der Waals surface area contributed by atoms with Gasteiger partial charge in [-0.25, -0.2) is 0 Å². The molecule has 0 aromatic rings. The first kappa shape index (κ1) is 14.5. The van der Waals surface area contributed by atoms with E-state index >= 15 is 0 Å². The van der Waals surface area contributed by atoms with E-state index in [-0.39, 0.29) is 23.6 Å². The quantitative estimate of drug-likeness (QED) is 0.464. The van der Waals surface area contributed by atoms with Crippen molar-refractivity contribution in [2.75, 3.05) is 38.1 Å². The molecule has 0 radical (unpaired) electrons.